The Kier molecular flexibility index (Phi) is 5.27. The number of benzene rings is 2. The first-order valence-corrected chi connectivity index (χ1v) is 9.80. The summed E-state index contributed by atoms with van der Waals surface area (Å²) in [5.41, 5.74) is 5.65. The fourth-order valence-corrected chi connectivity index (χ4v) is 5.62. The van der Waals surface area contributed by atoms with Crippen LogP contribution in [-0.2, 0) is 0 Å². The first kappa shape index (κ1) is 16.7. The van der Waals surface area contributed by atoms with E-state index in [1.54, 1.807) is 0 Å². The summed E-state index contributed by atoms with van der Waals surface area (Å²) in [6, 6.07) is 21.4. The van der Waals surface area contributed by atoms with E-state index in [0.717, 1.165) is 19.0 Å². The molecule has 24 heavy (non-hydrogen) atoms. The maximum absolute atomic E-state index is 8.09. The molecule has 3 rings (SSSR count). The predicted molar refractivity (Wildman–Crippen MR) is 106 cm³/mol. The van der Waals surface area contributed by atoms with E-state index < -0.39 is 7.92 Å². The van der Waals surface area contributed by atoms with E-state index in [1.807, 2.05) is 12.2 Å². The zero-order chi connectivity index (χ0) is 16.8. The first-order valence-electron chi connectivity index (χ1n) is 8.28. The van der Waals surface area contributed by atoms with E-state index in [2.05, 4.69) is 72.8 Å². The number of allylic oxidation sites excluding steroid dienone is 3. The monoisotopic (exact) mass is 334 g/mol. The lowest BCUT2D eigenvalue weighted by Crippen LogP contribution is -2.36. The zero-order valence-electron chi connectivity index (χ0n) is 13.7. The van der Waals surface area contributed by atoms with Crippen molar-refractivity contribution in [2.24, 2.45) is 11.1 Å². The van der Waals surface area contributed by atoms with Gasteiger partial charge in [-0.3, -0.25) is 5.41 Å². The van der Waals surface area contributed by atoms with E-state index in [-0.39, 0.29) is 11.3 Å². The molecule has 0 amide bonds. The topological polar surface area (TPSA) is 49.9 Å². The molecule has 0 aliphatic heterocycles. The van der Waals surface area contributed by atoms with Gasteiger partial charge in [0.1, 0.15) is 5.84 Å². The molecule has 0 saturated heterocycles. The van der Waals surface area contributed by atoms with Crippen molar-refractivity contribution in [3.63, 3.8) is 0 Å². The first-order chi connectivity index (χ1) is 11.7. The summed E-state index contributed by atoms with van der Waals surface area (Å²) >= 11 is 0. The van der Waals surface area contributed by atoms with E-state index in [4.69, 9.17) is 11.1 Å². The van der Waals surface area contributed by atoms with Crippen LogP contribution >= 0.6 is 7.92 Å². The van der Waals surface area contributed by atoms with Gasteiger partial charge in [0.2, 0.25) is 0 Å². The SMILES string of the molecule is N=C(N)C1(CCP(c2ccccc2)c2ccccc2)C=CC=CC1. The van der Waals surface area contributed by atoms with Gasteiger partial charge in [-0.15, -0.1) is 0 Å². The Morgan fingerprint density at radius 1 is 0.958 bits per heavy atom. The fourth-order valence-electron chi connectivity index (χ4n) is 3.12. The molecule has 1 aliphatic carbocycles. The second-order valence-electron chi connectivity index (χ2n) is 6.13. The molecule has 0 saturated carbocycles. The van der Waals surface area contributed by atoms with Crippen LogP contribution in [0.5, 0.6) is 0 Å². The average Bonchev–Trinajstić information content (AvgIpc) is 2.64. The van der Waals surface area contributed by atoms with Gasteiger partial charge in [0.15, 0.2) is 0 Å². The highest BCUT2D eigenvalue weighted by molar-refractivity contribution is 7.73. The molecule has 0 radical (unpaired) electrons. The van der Waals surface area contributed by atoms with Gasteiger partial charge in [-0.2, -0.15) is 0 Å². The Bertz CT molecular complexity index is 697. The van der Waals surface area contributed by atoms with Crippen LogP contribution in [0.3, 0.4) is 0 Å². The minimum absolute atomic E-state index is 0.277. The summed E-state index contributed by atoms with van der Waals surface area (Å²) in [7, 11) is -0.443. The molecule has 0 bridgehead atoms. The van der Waals surface area contributed by atoms with Gasteiger partial charge in [0.05, 0.1) is 0 Å². The zero-order valence-corrected chi connectivity index (χ0v) is 14.6. The van der Waals surface area contributed by atoms with Crippen molar-refractivity contribution in [2.75, 3.05) is 6.16 Å². The number of amidine groups is 1. The lowest BCUT2D eigenvalue weighted by Gasteiger charge is -2.32. The van der Waals surface area contributed by atoms with E-state index >= 15 is 0 Å². The van der Waals surface area contributed by atoms with Crippen LogP contribution in [-0.4, -0.2) is 12.0 Å². The smallest absolute Gasteiger partial charge is 0.101 e. The molecule has 0 aromatic heterocycles. The van der Waals surface area contributed by atoms with Gasteiger partial charge >= 0.3 is 0 Å². The van der Waals surface area contributed by atoms with Gasteiger partial charge in [0, 0.05) is 5.41 Å². The normalized spacial score (nSPS) is 19.5. The van der Waals surface area contributed by atoms with Crippen LogP contribution < -0.4 is 16.3 Å². The van der Waals surface area contributed by atoms with Gasteiger partial charge in [0.25, 0.3) is 0 Å². The minimum atomic E-state index is -0.443. The summed E-state index contributed by atoms with van der Waals surface area (Å²) in [5.74, 6) is 0.277. The van der Waals surface area contributed by atoms with Crippen LogP contribution in [0.25, 0.3) is 0 Å². The fraction of sp³-hybridized carbons (Fsp3) is 0.190. The number of hydrogen-bond acceptors (Lipinski definition) is 1. The average molecular weight is 334 g/mol. The number of nitrogens with two attached hydrogens (primary N) is 1. The third-order valence-electron chi connectivity index (χ3n) is 4.60. The van der Waals surface area contributed by atoms with Crippen molar-refractivity contribution in [3.05, 3.63) is 85.0 Å². The maximum Gasteiger partial charge on any atom is 0.101 e. The molecule has 2 aromatic carbocycles. The molecule has 1 aliphatic rings. The maximum atomic E-state index is 8.09. The van der Waals surface area contributed by atoms with Crippen molar-refractivity contribution < 1.29 is 0 Å². The lowest BCUT2D eigenvalue weighted by molar-refractivity contribution is 0.512. The van der Waals surface area contributed by atoms with Gasteiger partial charge in [-0.1, -0.05) is 85.0 Å². The quantitative estimate of drug-likeness (QED) is 0.469. The number of hydrogen-bond donors (Lipinski definition) is 2. The van der Waals surface area contributed by atoms with Gasteiger partial charge in [-0.05, 0) is 37.5 Å². The Labute approximate surface area is 145 Å². The van der Waals surface area contributed by atoms with Crippen LogP contribution in [0.2, 0.25) is 0 Å². The molecule has 122 valence electrons. The van der Waals surface area contributed by atoms with Crippen molar-refractivity contribution in [2.45, 2.75) is 12.8 Å². The molecular formula is C21H23N2P. The number of nitrogens with one attached hydrogen (secondary N) is 1. The highest BCUT2D eigenvalue weighted by atomic mass is 31.1. The molecule has 0 spiro atoms. The molecule has 0 heterocycles. The summed E-state index contributed by atoms with van der Waals surface area (Å²) < 4.78 is 0. The van der Waals surface area contributed by atoms with Gasteiger partial charge < -0.3 is 5.73 Å². The van der Waals surface area contributed by atoms with Crippen LogP contribution in [0, 0.1) is 10.8 Å². The van der Waals surface area contributed by atoms with Gasteiger partial charge in [-0.25, -0.2) is 0 Å². The second-order valence-corrected chi connectivity index (χ2v) is 8.47. The predicted octanol–water partition coefficient (Wildman–Crippen LogP) is 3.95. The lowest BCUT2D eigenvalue weighted by atomic mass is 9.78. The van der Waals surface area contributed by atoms with E-state index in [0.29, 0.717) is 0 Å². The molecule has 2 nitrogen and oxygen atoms in total. The van der Waals surface area contributed by atoms with E-state index in [1.165, 1.54) is 10.6 Å². The van der Waals surface area contributed by atoms with Crippen LogP contribution in [0.15, 0.2) is 85.0 Å². The summed E-state index contributed by atoms with van der Waals surface area (Å²) in [5, 5.41) is 10.9. The largest absolute Gasteiger partial charge is 0.387 e. The standard InChI is InChI=1S/C21H23N2P/c22-20(23)21(14-8-3-9-15-21)16-17-24(18-10-4-1-5-11-18)19-12-6-2-7-13-19/h1-14H,15-17H2,(H3,22,23). The van der Waals surface area contributed by atoms with Crippen molar-refractivity contribution in [3.8, 4) is 0 Å². The third kappa shape index (κ3) is 3.66. The highest BCUT2D eigenvalue weighted by Gasteiger charge is 2.31. The molecule has 1 unspecified atom stereocenters. The van der Waals surface area contributed by atoms with Crippen molar-refractivity contribution >= 4 is 24.4 Å². The third-order valence-corrected chi connectivity index (χ3v) is 7.11. The minimum Gasteiger partial charge on any atom is -0.387 e. The summed E-state index contributed by atoms with van der Waals surface area (Å²) in [6.45, 7) is 0. The Morgan fingerprint density at radius 2 is 1.54 bits per heavy atom. The van der Waals surface area contributed by atoms with Crippen LogP contribution in [0.1, 0.15) is 12.8 Å². The highest BCUT2D eigenvalue weighted by Crippen LogP contribution is 2.40. The molecule has 3 N–H and O–H groups in total. The molecule has 2 aromatic rings. The Hall–Kier alpha value is -2.18. The second kappa shape index (κ2) is 7.59. The van der Waals surface area contributed by atoms with Crippen molar-refractivity contribution in [1.29, 1.82) is 5.41 Å². The molecule has 0 fully saturated rings. The van der Waals surface area contributed by atoms with E-state index in [9.17, 15) is 0 Å². The Balaban J connectivity index is 1.86. The summed E-state index contributed by atoms with van der Waals surface area (Å²) in [4.78, 5) is 0. The molecule has 3 heteroatoms. The van der Waals surface area contributed by atoms with Crippen molar-refractivity contribution in [1.82, 2.24) is 0 Å². The Morgan fingerprint density at radius 3 is 2.00 bits per heavy atom. The number of rotatable bonds is 6. The molecule has 1 atom stereocenters. The summed E-state index contributed by atoms with van der Waals surface area (Å²) in [6.07, 6.45) is 11.1. The molecular weight excluding hydrogens is 311 g/mol. The van der Waals surface area contributed by atoms with Crippen LogP contribution in [0.4, 0.5) is 0 Å².